The Balaban J connectivity index is 2.90. The molecule has 1 rings (SSSR count). The van der Waals surface area contributed by atoms with Gasteiger partial charge in [-0.2, -0.15) is 0 Å². The van der Waals surface area contributed by atoms with Crippen molar-refractivity contribution in [3.8, 4) is 5.75 Å². The molecule has 0 fully saturated rings. The average molecular weight is 251 g/mol. The van der Waals surface area contributed by atoms with E-state index in [2.05, 4.69) is 20.8 Å². The van der Waals surface area contributed by atoms with Crippen molar-refractivity contribution in [1.82, 2.24) is 0 Å². The van der Waals surface area contributed by atoms with Gasteiger partial charge < -0.3 is 15.2 Å². The summed E-state index contributed by atoms with van der Waals surface area (Å²) in [7, 11) is 1.66. The van der Waals surface area contributed by atoms with E-state index in [4.69, 9.17) is 15.2 Å². The fraction of sp³-hybridized carbons (Fsp3) is 0.600. The van der Waals surface area contributed by atoms with Crippen LogP contribution in [0.4, 0.5) is 0 Å². The van der Waals surface area contributed by atoms with Crippen LogP contribution in [0.15, 0.2) is 24.3 Å². The Morgan fingerprint density at radius 1 is 1.17 bits per heavy atom. The van der Waals surface area contributed by atoms with E-state index in [1.165, 1.54) is 0 Å². The van der Waals surface area contributed by atoms with Crippen molar-refractivity contribution < 1.29 is 9.47 Å². The zero-order chi connectivity index (χ0) is 13.8. The SMILES string of the molecule is CCOC(C(N)c1ccc(OC)cc1)C(C)(C)C. The van der Waals surface area contributed by atoms with Crippen LogP contribution in [0.2, 0.25) is 0 Å². The van der Waals surface area contributed by atoms with Gasteiger partial charge in [0.1, 0.15) is 5.75 Å². The fourth-order valence-corrected chi connectivity index (χ4v) is 2.07. The number of benzene rings is 1. The van der Waals surface area contributed by atoms with Crippen LogP contribution in [-0.2, 0) is 4.74 Å². The molecule has 0 spiro atoms. The third kappa shape index (κ3) is 3.72. The van der Waals surface area contributed by atoms with Crippen LogP contribution in [0, 0.1) is 5.41 Å². The minimum atomic E-state index is -0.129. The maximum Gasteiger partial charge on any atom is 0.118 e. The van der Waals surface area contributed by atoms with E-state index in [0.717, 1.165) is 11.3 Å². The van der Waals surface area contributed by atoms with Crippen LogP contribution in [-0.4, -0.2) is 19.8 Å². The van der Waals surface area contributed by atoms with E-state index < -0.39 is 0 Å². The summed E-state index contributed by atoms with van der Waals surface area (Å²) in [4.78, 5) is 0. The molecule has 0 aliphatic heterocycles. The number of rotatable bonds is 5. The highest BCUT2D eigenvalue weighted by atomic mass is 16.5. The third-order valence-corrected chi connectivity index (χ3v) is 3.03. The molecule has 102 valence electrons. The summed E-state index contributed by atoms with van der Waals surface area (Å²) in [6.45, 7) is 9.12. The van der Waals surface area contributed by atoms with Crippen LogP contribution in [0.1, 0.15) is 39.3 Å². The van der Waals surface area contributed by atoms with Crippen LogP contribution in [0.5, 0.6) is 5.75 Å². The Morgan fingerprint density at radius 2 is 1.72 bits per heavy atom. The van der Waals surface area contributed by atoms with Crippen LogP contribution >= 0.6 is 0 Å². The van der Waals surface area contributed by atoms with E-state index in [9.17, 15) is 0 Å². The monoisotopic (exact) mass is 251 g/mol. The Bertz CT molecular complexity index is 354. The quantitative estimate of drug-likeness (QED) is 0.874. The smallest absolute Gasteiger partial charge is 0.118 e. The van der Waals surface area contributed by atoms with Crippen molar-refractivity contribution >= 4 is 0 Å². The minimum Gasteiger partial charge on any atom is -0.497 e. The molecule has 2 atom stereocenters. The first-order chi connectivity index (χ1) is 8.40. The molecule has 1 aromatic carbocycles. The lowest BCUT2D eigenvalue weighted by molar-refractivity contribution is -0.0283. The molecule has 0 radical (unpaired) electrons. The van der Waals surface area contributed by atoms with Gasteiger partial charge in [-0.05, 0) is 30.0 Å². The number of ether oxygens (including phenoxy) is 2. The Labute approximate surface area is 110 Å². The van der Waals surface area contributed by atoms with Gasteiger partial charge in [0, 0.05) is 6.61 Å². The van der Waals surface area contributed by atoms with Gasteiger partial charge in [-0.25, -0.2) is 0 Å². The fourth-order valence-electron chi connectivity index (χ4n) is 2.07. The molecule has 2 N–H and O–H groups in total. The zero-order valence-electron chi connectivity index (χ0n) is 12.1. The van der Waals surface area contributed by atoms with Crippen molar-refractivity contribution in [2.24, 2.45) is 11.1 Å². The standard InChI is InChI=1S/C15H25NO2/c1-6-18-14(15(2,3)4)13(16)11-7-9-12(17-5)10-8-11/h7-10,13-14H,6,16H2,1-5H3. The lowest BCUT2D eigenvalue weighted by Gasteiger charge is -2.35. The molecule has 0 aliphatic rings. The summed E-state index contributed by atoms with van der Waals surface area (Å²) in [5.74, 6) is 0.842. The number of hydrogen-bond acceptors (Lipinski definition) is 3. The van der Waals surface area contributed by atoms with Crippen LogP contribution in [0.3, 0.4) is 0 Å². The predicted octanol–water partition coefficient (Wildman–Crippen LogP) is 3.15. The summed E-state index contributed by atoms with van der Waals surface area (Å²) in [5, 5.41) is 0. The molecule has 0 bridgehead atoms. The molecule has 2 unspecified atom stereocenters. The predicted molar refractivity (Wildman–Crippen MR) is 74.8 cm³/mol. The normalized spacial score (nSPS) is 15.2. The van der Waals surface area contributed by atoms with Gasteiger partial charge in [0.05, 0.1) is 19.3 Å². The van der Waals surface area contributed by atoms with Crippen molar-refractivity contribution in [3.05, 3.63) is 29.8 Å². The van der Waals surface area contributed by atoms with Crippen LogP contribution < -0.4 is 10.5 Å². The average Bonchev–Trinajstić information content (AvgIpc) is 2.34. The molecule has 0 heterocycles. The molecular formula is C15H25NO2. The first-order valence-electron chi connectivity index (χ1n) is 6.41. The van der Waals surface area contributed by atoms with Gasteiger partial charge in [-0.3, -0.25) is 0 Å². The molecule has 0 saturated heterocycles. The van der Waals surface area contributed by atoms with Crippen molar-refractivity contribution in [1.29, 1.82) is 0 Å². The summed E-state index contributed by atoms with van der Waals surface area (Å²) in [6.07, 6.45) is -0.00380. The first-order valence-corrected chi connectivity index (χ1v) is 6.41. The Hall–Kier alpha value is -1.06. The van der Waals surface area contributed by atoms with E-state index in [1.807, 2.05) is 31.2 Å². The summed E-state index contributed by atoms with van der Waals surface area (Å²) in [5.41, 5.74) is 7.42. The topological polar surface area (TPSA) is 44.5 Å². The van der Waals surface area contributed by atoms with Crippen molar-refractivity contribution in [2.45, 2.75) is 39.8 Å². The molecule has 0 saturated carbocycles. The third-order valence-electron chi connectivity index (χ3n) is 3.03. The maximum absolute atomic E-state index is 6.34. The highest BCUT2D eigenvalue weighted by Crippen LogP contribution is 2.31. The second-order valence-corrected chi connectivity index (χ2v) is 5.54. The Kier molecular flexibility index (Phi) is 5.17. The van der Waals surface area contributed by atoms with Crippen molar-refractivity contribution in [3.63, 3.8) is 0 Å². The second kappa shape index (κ2) is 6.21. The molecule has 0 aromatic heterocycles. The minimum absolute atomic E-state index is 0.00380. The second-order valence-electron chi connectivity index (χ2n) is 5.54. The number of nitrogens with two attached hydrogens (primary N) is 1. The van der Waals surface area contributed by atoms with Gasteiger partial charge >= 0.3 is 0 Å². The summed E-state index contributed by atoms with van der Waals surface area (Å²) in [6, 6.07) is 7.74. The van der Waals surface area contributed by atoms with Gasteiger partial charge in [0.15, 0.2) is 0 Å². The molecule has 3 heteroatoms. The van der Waals surface area contributed by atoms with Crippen LogP contribution in [0.25, 0.3) is 0 Å². The van der Waals surface area contributed by atoms with Gasteiger partial charge in [0.2, 0.25) is 0 Å². The maximum atomic E-state index is 6.34. The highest BCUT2D eigenvalue weighted by Gasteiger charge is 2.31. The highest BCUT2D eigenvalue weighted by molar-refractivity contribution is 5.29. The summed E-state index contributed by atoms with van der Waals surface area (Å²) < 4.78 is 11.0. The molecule has 0 aliphatic carbocycles. The molecule has 3 nitrogen and oxygen atoms in total. The van der Waals surface area contributed by atoms with Gasteiger partial charge in [-0.1, -0.05) is 32.9 Å². The van der Waals surface area contributed by atoms with Crippen molar-refractivity contribution in [2.75, 3.05) is 13.7 Å². The number of hydrogen-bond donors (Lipinski definition) is 1. The van der Waals surface area contributed by atoms with E-state index in [1.54, 1.807) is 7.11 Å². The van der Waals surface area contributed by atoms with Gasteiger partial charge in [0.25, 0.3) is 0 Å². The largest absolute Gasteiger partial charge is 0.497 e. The number of methoxy groups -OCH3 is 1. The summed E-state index contributed by atoms with van der Waals surface area (Å²) >= 11 is 0. The van der Waals surface area contributed by atoms with E-state index in [-0.39, 0.29) is 17.6 Å². The molecule has 1 aromatic rings. The lowest BCUT2D eigenvalue weighted by atomic mass is 9.82. The van der Waals surface area contributed by atoms with Gasteiger partial charge in [-0.15, -0.1) is 0 Å². The molecule has 0 amide bonds. The van der Waals surface area contributed by atoms with E-state index >= 15 is 0 Å². The molecule has 18 heavy (non-hydrogen) atoms. The molecular weight excluding hydrogens is 226 g/mol. The zero-order valence-corrected chi connectivity index (χ0v) is 12.1. The van der Waals surface area contributed by atoms with E-state index in [0.29, 0.717) is 6.61 Å². The lowest BCUT2D eigenvalue weighted by Crippen LogP contribution is -2.39. The Morgan fingerprint density at radius 3 is 2.11 bits per heavy atom. The first kappa shape index (κ1) is 15.0.